The Morgan fingerprint density at radius 2 is 2.00 bits per heavy atom. The summed E-state index contributed by atoms with van der Waals surface area (Å²) in [6.07, 6.45) is 1.72. The predicted molar refractivity (Wildman–Crippen MR) is 63.1 cm³/mol. The topological polar surface area (TPSA) is 57.4 Å². The lowest BCUT2D eigenvalue weighted by atomic mass is 10.1. The summed E-state index contributed by atoms with van der Waals surface area (Å²) in [6.45, 7) is 4.19. The van der Waals surface area contributed by atoms with Crippen molar-refractivity contribution < 1.29 is 0 Å². The van der Waals surface area contributed by atoms with Crippen LogP contribution in [0.2, 0.25) is 0 Å². The first-order valence-electron chi connectivity index (χ1n) is 5.21. The second kappa shape index (κ2) is 3.20. The molecule has 4 heteroatoms. The molecule has 0 aliphatic heterocycles. The highest BCUT2D eigenvalue weighted by Gasteiger charge is 2.08. The van der Waals surface area contributed by atoms with Crippen molar-refractivity contribution in [2.45, 2.75) is 13.8 Å². The fourth-order valence-corrected chi connectivity index (χ4v) is 1.83. The summed E-state index contributed by atoms with van der Waals surface area (Å²) < 4.78 is 0. The van der Waals surface area contributed by atoms with E-state index in [1.165, 1.54) is 11.1 Å². The van der Waals surface area contributed by atoms with Crippen LogP contribution in [0.5, 0.6) is 0 Å². The number of nitrogens with one attached hydrogen (secondary N) is 2. The van der Waals surface area contributed by atoms with Crippen LogP contribution in [0.1, 0.15) is 11.1 Å². The number of rotatable bonds is 1. The fourth-order valence-electron chi connectivity index (χ4n) is 1.83. The molecule has 0 aliphatic carbocycles. The minimum absolute atomic E-state index is 0.834. The average Bonchev–Trinajstić information content (AvgIpc) is 2.91. The molecule has 4 nitrogen and oxygen atoms in total. The first-order chi connectivity index (χ1) is 7.75. The molecule has 0 bridgehead atoms. The molecule has 2 N–H and O–H groups in total. The standard InChI is InChI=1S/C12H12N4/c1-7-3-4-9-11(8(7)2)15-12(14-9)10-5-6-13-16-10/h3-6H,1-2H3,(H,13,16)(H,14,15). The maximum Gasteiger partial charge on any atom is 0.156 e. The van der Waals surface area contributed by atoms with Crippen LogP contribution in [0, 0.1) is 13.8 Å². The number of hydrogen-bond donors (Lipinski definition) is 2. The van der Waals surface area contributed by atoms with Gasteiger partial charge in [-0.2, -0.15) is 5.10 Å². The Kier molecular flexibility index (Phi) is 1.83. The summed E-state index contributed by atoms with van der Waals surface area (Å²) >= 11 is 0. The van der Waals surface area contributed by atoms with Crippen LogP contribution >= 0.6 is 0 Å². The van der Waals surface area contributed by atoms with E-state index in [1.54, 1.807) is 6.20 Å². The first kappa shape index (κ1) is 9.15. The van der Waals surface area contributed by atoms with E-state index in [1.807, 2.05) is 6.07 Å². The molecule has 0 atom stereocenters. The van der Waals surface area contributed by atoms with Gasteiger partial charge in [-0.05, 0) is 37.1 Å². The third kappa shape index (κ3) is 1.23. The number of aromatic amines is 2. The number of hydrogen-bond acceptors (Lipinski definition) is 2. The van der Waals surface area contributed by atoms with Gasteiger partial charge in [0.1, 0.15) is 5.69 Å². The van der Waals surface area contributed by atoms with E-state index in [2.05, 4.69) is 46.1 Å². The van der Waals surface area contributed by atoms with Crippen molar-refractivity contribution in [3.05, 3.63) is 35.5 Å². The molecule has 0 aliphatic rings. The van der Waals surface area contributed by atoms with E-state index < -0.39 is 0 Å². The molecule has 0 radical (unpaired) electrons. The molecular formula is C12H12N4. The van der Waals surface area contributed by atoms with Crippen LogP contribution in [0.25, 0.3) is 22.6 Å². The van der Waals surface area contributed by atoms with Gasteiger partial charge < -0.3 is 4.98 Å². The smallest absolute Gasteiger partial charge is 0.156 e. The number of fused-ring (bicyclic) bond motifs is 1. The monoisotopic (exact) mass is 212 g/mol. The summed E-state index contributed by atoms with van der Waals surface area (Å²) in [5, 5.41) is 6.83. The van der Waals surface area contributed by atoms with E-state index in [-0.39, 0.29) is 0 Å². The molecule has 2 heterocycles. The summed E-state index contributed by atoms with van der Waals surface area (Å²) in [5.74, 6) is 0.834. The highest BCUT2D eigenvalue weighted by atomic mass is 15.1. The van der Waals surface area contributed by atoms with E-state index in [0.717, 1.165) is 22.6 Å². The SMILES string of the molecule is Cc1ccc2[nH]c(-c3ccn[nH]3)nc2c1C. The third-order valence-corrected chi connectivity index (χ3v) is 2.93. The summed E-state index contributed by atoms with van der Waals surface area (Å²) in [5.41, 5.74) is 5.49. The van der Waals surface area contributed by atoms with E-state index >= 15 is 0 Å². The van der Waals surface area contributed by atoms with Crippen LogP contribution in [0.4, 0.5) is 0 Å². The van der Waals surface area contributed by atoms with Gasteiger partial charge in [-0.25, -0.2) is 4.98 Å². The molecule has 16 heavy (non-hydrogen) atoms. The molecule has 3 aromatic rings. The number of aromatic nitrogens is 4. The number of aryl methyl sites for hydroxylation is 2. The third-order valence-electron chi connectivity index (χ3n) is 2.93. The Morgan fingerprint density at radius 1 is 1.12 bits per heavy atom. The van der Waals surface area contributed by atoms with Crippen LogP contribution in [-0.2, 0) is 0 Å². The van der Waals surface area contributed by atoms with Crippen molar-refractivity contribution in [2.24, 2.45) is 0 Å². The van der Waals surface area contributed by atoms with Crippen molar-refractivity contribution in [3.8, 4) is 11.5 Å². The van der Waals surface area contributed by atoms with Crippen molar-refractivity contribution in [3.63, 3.8) is 0 Å². The van der Waals surface area contributed by atoms with Gasteiger partial charge in [0.25, 0.3) is 0 Å². The quantitative estimate of drug-likeness (QED) is 0.651. The Balaban J connectivity index is 2.28. The summed E-state index contributed by atoms with van der Waals surface area (Å²) in [6, 6.07) is 6.07. The Labute approximate surface area is 92.7 Å². The van der Waals surface area contributed by atoms with Crippen molar-refractivity contribution >= 4 is 11.0 Å². The van der Waals surface area contributed by atoms with Gasteiger partial charge in [0.15, 0.2) is 5.82 Å². The first-order valence-corrected chi connectivity index (χ1v) is 5.21. The van der Waals surface area contributed by atoms with Gasteiger partial charge in [-0.3, -0.25) is 5.10 Å². The lowest BCUT2D eigenvalue weighted by molar-refractivity contribution is 1.08. The summed E-state index contributed by atoms with van der Waals surface area (Å²) in [7, 11) is 0. The zero-order chi connectivity index (χ0) is 11.1. The molecule has 1 aromatic carbocycles. The number of benzene rings is 1. The maximum absolute atomic E-state index is 4.59. The Hall–Kier alpha value is -2.10. The van der Waals surface area contributed by atoms with Gasteiger partial charge in [0.2, 0.25) is 0 Å². The zero-order valence-corrected chi connectivity index (χ0v) is 9.20. The maximum atomic E-state index is 4.59. The van der Waals surface area contributed by atoms with Crippen LogP contribution in [0.15, 0.2) is 24.4 Å². The van der Waals surface area contributed by atoms with Gasteiger partial charge in [0, 0.05) is 6.20 Å². The molecule has 2 aromatic heterocycles. The lowest BCUT2D eigenvalue weighted by Gasteiger charge is -1.98. The molecule has 0 amide bonds. The van der Waals surface area contributed by atoms with Crippen LogP contribution in [0.3, 0.4) is 0 Å². The van der Waals surface area contributed by atoms with E-state index in [9.17, 15) is 0 Å². The van der Waals surface area contributed by atoms with Crippen LogP contribution in [-0.4, -0.2) is 20.2 Å². The lowest BCUT2D eigenvalue weighted by Crippen LogP contribution is -1.82. The number of nitrogens with zero attached hydrogens (tertiary/aromatic N) is 2. The van der Waals surface area contributed by atoms with Gasteiger partial charge >= 0.3 is 0 Å². The molecule has 3 rings (SSSR count). The second-order valence-corrected chi connectivity index (χ2v) is 3.96. The minimum Gasteiger partial charge on any atom is -0.337 e. The number of H-pyrrole nitrogens is 2. The van der Waals surface area contributed by atoms with Crippen LogP contribution < -0.4 is 0 Å². The fraction of sp³-hybridized carbons (Fsp3) is 0.167. The normalized spacial score (nSPS) is 11.1. The zero-order valence-electron chi connectivity index (χ0n) is 9.20. The molecular weight excluding hydrogens is 200 g/mol. The minimum atomic E-state index is 0.834. The van der Waals surface area contributed by atoms with Crippen molar-refractivity contribution in [1.29, 1.82) is 0 Å². The van der Waals surface area contributed by atoms with Crippen molar-refractivity contribution in [2.75, 3.05) is 0 Å². The highest BCUT2D eigenvalue weighted by molar-refractivity contribution is 5.82. The largest absolute Gasteiger partial charge is 0.337 e. The van der Waals surface area contributed by atoms with Gasteiger partial charge in [0.05, 0.1) is 11.0 Å². The second-order valence-electron chi connectivity index (χ2n) is 3.96. The van der Waals surface area contributed by atoms with Gasteiger partial charge in [-0.15, -0.1) is 0 Å². The Bertz CT molecular complexity index is 634. The molecule has 0 unspecified atom stereocenters. The van der Waals surface area contributed by atoms with Gasteiger partial charge in [-0.1, -0.05) is 6.07 Å². The summed E-state index contributed by atoms with van der Waals surface area (Å²) in [4.78, 5) is 7.87. The predicted octanol–water partition coefficient (Wildman–Crippen LogP) is 2.57. The van der Waals surface area contributed by atoms with Crippen molar-refractivity contribution in [1.82, 2.24) is 20.2 Å². The highest BCUT2D eigenvalue weighted by Crippen LogP contribution is 2.22. The average molecular weight is 212 g/mol. The van der Waals surface area contributed by atoms with E-state index in [0.29, 0.717) is 0 Å². The molecule has 80 valence electrons. The molecule has 0 fully saturated rings. The molecule has 0 saturated carbocycles. The number of imidazole rings is 1. The van der Waals surface area contributed by atoms with E-state index in [4.69, 9.17) is 0 Å². The molecule has 0 saturated heterocycles. The molecule has 0 spiro atoms. The Morgan fingerprint density at radius 3 is 2.75 bits per heavy atom.